The summed E-state index contributed by atoms with van der Waals surface area (Å²) >= 11 is 1.41. The molecule has 5 heteroatoms. The van der Waals surface area contributed by atoms with Crippen molar-refractivity contribution in [3.05, 3.63) is 40.3 Å². The van der Waals surface area contributed by atoms with Crippen molar-refractivity contribution in [3.63, 3.8) is 0 Å². The molecule has 2 heterocycles. The first-order valence-electron chi connectivity index (χ1n) is 6.81. The van der Waals surface area contributed by atoms with Crippen LogP contribution in [0.1, 0.15) is 27.5 Å². The lowest BCUT2D eigenvalue weighted by Gasteiger charge is -2.17. The van der Waals surface area contributed by atoms with Crippen LogP contribution in [0.3, 0.4) is 0 Å². The van der Waals surface area contributed by atoms with E-state index in [1.807, 2.05) is 19.1 Å². The Hall–Kier alpha value is -1.88. The number of rotatable bonds is 3. The lowest BCUT2D eigenvalue weighted by atomic mass is 10.2. The highest BCUT2D eigenvalue weighted by Crippen LogP contribution is 2.22. The molecule has 0 spiro atoms. The summed E-state index contributed by atoms with van der Waals surface area (Å²) in [6.07, 6.45) is 4.15. The predicted molar refractivity (Wildman–Crippen MR) is 82.7 cm³/mol. The van der Waals surface area contributed by atoms with Crippen LogP contribution < -0.4 is 10.2 Å². The summed E-state index contributed by atoms with van der Waals surface area (Å²) in [6.45, 7) is 4.16. The summed E-state index contributed by atoms with van der Waals surface area (Å²) in [4.78, 5) is 19.1. The number of hydrogen-bond donors (Lipinski definition) is 1. The van der Waals surface area contributed by atoms with E-state index in [4.69, 9.17) is 0 Å². The fraction of sp³-hybridized carbons (Fsp3) is 0.333. The molecule has 1 aromatic carbocycles. The van der Waals surface area contributed by atoms with Gasteiger partial charge in [0.25, 0.3) is 5.91 Å². The van der Waals surface area contributed by atoms with Crippen LogP contribution in [0.4, 0.5) is 11.4 Å². The number of carbonyl (C=O) groups excluding carboxylic acids is 1. The van der Waals surface area contributed by atoms with Gasteiger partial charge in [0.05, 0.1) is 11.2 Å². The predicted octanol–water partition coefficient (Wildman–Crippen LogP) is 3.30. The van der Waals surface area contributed by atoms with Gasteiger partial charge in [-0.05, 0) is 44.0 Å². The van der Waals surface area contributed by atoms with Crippen molar-refractivity contribution in [2.24, 2.45) is 0 Å². The first-order chi connectivity index (χ1) is 9.72. The molecule has 104 valence electrons. The van der Waals surface area contributed by atoms with E-state index in [0.29, 0.717) is 4.88 Å². The molecular formula is C15H17N3OS. The molecule has 2 aromatic rings. The summed E-state index contributed by atoms with van der Waals surface area (Å²) in [5, 5.41) is 3.80. The molecule has 1 amide bonds. The van der Waals surface area contributed by atoms with E-state index in [-0.39, 0.29) is 5.91 Å². The Balaban J connectivity index is 1.67. The third-order valence-corrected chi connectivity index (χ3v) is 4.35. The lowest BCUT2D eigenvalue weighted by Crippen LogP contribution is -2.17. The molecule has 0 atom stereocenters. The SMILES string of the molecule is Cc1ncc(C(=O)Nc2ccc(N3CCCC3)cc2)s1. The maximum absolute atomic E-state index is 12.0. The van der Waals surface area contributed by atoms with Gasteiger partial charge in [0, 0.05) is 24.5 Å². The number of hydrogen-bond acceptors (Lipinski definition) is 4. The lowest BCUT2D eigenvalue weighted by molar-refractivity contribution is 0.103. The molecule has 20 heavy (non-hydrogen) atoms. The van der Waals surface area contributed by atoms with Crippen molar-refractivity contribution in [1.29, 1.82) is 0 Å². The second-order valence-corrected chi connectivity index (χ2v) is 6.17. The smallest absolute Gasteiger partial charge is 0.267 e. The van der Waals surface area contributed by atoms with Crippen molar-refractivity contribution in [2.45, 2.75) is 19.8 Å². The Morgan fingerprint density at radius 3 is 2.55 bits per heavy atom. The molecule has 3 rings (SSSR count). The molecule has 4 nitrogen and oxygen atoms in total. The summed E-state index contributed by atoms with van der Waals surface area (Å²) in [5.41, 5.74) is 2.05. The van der Waals surface area contributed by atoms with Gasteiger partial charge in [-0.25, -0.2) is 4.98 Å². The maximum Gasteiger partial charge on any atom is 0.267 e. The standard InChI is InChI=1S/C15H17N3OS/c1-11-16-10-14(20-11)15(19)17-12-4-6-13(7-5-12)18-8-2-3-9-18/h4-7,10H,2-3,8-9H2,1H3,(H,17,19). The monoisotopic (exact) mass is 287 g/mol. The highest BCUT2D eigenvalue weighted by atomic mass is 32.1. The van der Waals surface area contributed by atoms with Gasteiger partial charge < -0.3 is 10.2 Å². The second kappa shape index (κ2) is 5.63. The molecule has 0 aliphatic carbocycles. The molecule has 0 bridgehead atoms. The van der Waals surface area contributed by atoms with Gasteiger partial charge in [-0.2, -0.15) is 0 Å². The van der Waals surface area contributed by atoms with Crippen LogP contribution in [-0.4, -0.2) is 24.0 Å². The highest BCUT2D eigenvalue weighted by Gasteiger charge is 2.13. The van der Waals surface area contributed by atoms with Gasteiger partial charge in [-0.15, -0.1) is 11.3 Å². The zero-order valence-corrected chi connectivity index (χ0v) is 12.2. The highest BCUT2D eigenvalue weighted by molar-refractivity contribution is 7.13. The van der Waals surface area contributed by atoms with Crippen molar-refractivity contribution >= 4 is 28.6 Å². The van der Waals surface area contributed by atoms with E-state index in [9.17, 15) is 4.79 Å². The fourth-order valence-electron chi connectivity index (χ4n) is 2.39. The average Bonchev–Trinajstić information content (AvgIpc) is 3.10. The van der Waals surface area contributed by atoms with Gasteiger partial charge in [-0.3, -0.25) is 4.79 Å². The number of nitrogens with one attached hydrogen (secondary N) is 1. The minimum Gasteiger partial charge on any atom is -0.372 e. The molecule has 1 N–H and O–H groups in total. The molecule has 1 aromatic heterocycles. The Bertz CT molecular complexity index is 600. The first-order valence-corrected chi connectivity index (χ1v) is 7.63. The maximum atomic E-state index is 12.0. The Morgan fingerprint density at radius 2 is 1.95 bits per heavy atom. The minimum absolute atomic E-state index is 0.0930. The Kier molecular flexibility index (Phi) is 3.69. The number of benzene rings is 1. The van der Waals surface area contributed by atoms with Gasteiger partial charge in [-0.1, -0.05) is 0 Å². The molecule has 1 saturated heterocycles. The van der Waals surface area contributed by atoms with E-state index in [1.54, 1.807) is 6.20 Å². The largest absolute Gasteiger partial charge is 0.372 e. The number of carbonyl (C=O) groups is 1. The average molecular weight is 287 g/mol. The Labute approximate surface area is 122 Å². The third kappa shape index (κ3) is 2.82. The number of aryl methyl sites for hydroxylation is 1. The Morgan fingerprint density at radius 1 is 1.25 bits per heavy atom. The fourth-order valence-corrected chi connectivity index (χ4v) is 3.06. The molecule has 0 radical (unpaired) electrons. The van der Waals surface area contributed by atoms with Crippen LogP contribution in [0.5, 0.6) is 0 Å². The van der Waals surface area contributed by atoms with Gasteiger partial charge >= 0.3 is 0 Å². The molecule has 0 saturated carbocycles. The van der Waals surface area contributed by atoms with E-state index < -0.39 is 0 Å². The number of aromatic nitrogens is 1. The van der Waals surface area contributed by atoms with E-state index >= 15 is 0 Å². The van der Waals surface area contributed by atoms with Gasteiger partial charge in [0.15, 0.2) is 0 Å². The van der Waals surface area contributed by atoms with E-state index in [0.717, 1.165) is 23.8 Å². The number of anilines is 2. The third-order valence-electron chi connectivity index (χ3n) is 3.44. The zero-order chi connectivity index (χ0) is 13.9. The topological polar surface area (TPSA) is 45.2 Å². The van der Waals surface area contributed by atoms with Crippen molar-refractivity contribution in [1.82, 2.24) is 4.98 Å². The molecule has 1 aliphatic rings. The minimum atomic E-state index is -0.0930. The van der Waals surface area contributed by atoms with Crippen molar-refractivity contribution in [2.75, 3.05) is 23.3 Å². The summed E-state index contributed by atoms with van der Waals surface area (Å²) in [6, 6.07) is 8.05. The van der Waals surface area contributed by atoms with E-state index in [2.05, 4.69) is 27.3 Å². The van der Waals surface area contributed by atoms with Crippen LogP contribution in [0.15, 0.2) is 30.5 Å². The number of thiazole rings is 1. The normalized spacial score (nSPS) is 14.6. The summed E-state index contributed by atoms with van der Waals surface area (Å²) in [5.74, 6) is -0.0930. The molecule has 0 unspecified atom stereocenters. The van der Waals surface area contributed by atoms with Crippen LogP contribution in [-0.2, 0) is 0 Å². The van der Waals surface area contributed by atoms with Crippen LogP contribution in [0, 0.1) is 6.92 Å². The van der Waals surface area contributed by atoms with Crippen molar-refractivity contribution in [3.8, 4) is 0 Å². The molecule has 1 aliphatic heterocycles. The number of nitrogens with zero attached hydrogens (tertiary/aromatic N) is 2. The summed E-state index contributed by atoms with van der Waals surface area (Å²) < 4.78 is 0. The molecular weight excluding hydrogens is 270 g/mol. The number of amides is 1. The van der Waals surface area contributed by atoms with Crippen LogP contribution in [0.25, 0.3) is 0 Å². The zero-order valence-electron chi connectivity index (χ0n) is 11.4. The summed E-state index contributed by atoms with van der Waals surface area (Å²) in [7, 11) is 0. The molecule has 1 fully saturated rings. The van der Waals surface area contributed by atoms with Gasteiger partial charge in [0.2, 0.25) is 0 Å². The van der Waals surface area contributed by atoms with Crippen molar-refractivity contribution < 1.29 is 4.79 Å². The van der Waals surface area contributed by atoms with Crippen LogP contribution >= 0.6 is 11.3 Å². The van der Waals surface area contributed by atoms with Gasteiger partial charge in [0.1, 0.15) is 4.88 Å². The van der Waals surface area contributed by atoms with E-state index in [1.165, 1.54) is 29.9 Å². The second-order valence-electron chi connectivity index (χ2n) is 4.94. The van der Waals surface area contributed by atoms with Crippen LogP contribution in [0.2, 0.25) is 0 Å². The quantitative estimate of drug-likeness (QED) is 0.942. The first kappa shape index (κ1) is 13.1.